The molecule has 5 rings (SSSR count). The van der Waals surface area contributed by atoms with Crippen LogP contribution in [0.3, 0.4) is 0 Å². The van der Waals surface area contributed by atoms with Gasteiger partial charge in [0.2, 0.25) is 12.2 Å². The molecule has 3 fully saturated rings. The van der Waals surface area contributed by atoms with Crippen LogP contribution in [0.4, 0.5) is 0 Å². The number of rotatable bonds is 9. The van der Waals surface area contributed by atoms with Crippen LogP contribution >= 0.6 is 23.2 Å². The first-order valence-electron chi connectivity index (χ1n) is 14.1. The van der Waals surface area contributed by atoms with Crippen molar-refractivity contribution in [1.82, 2.24) is 5.32 Å². The summed E-state index contributed by atoms with van der Waals surface area (Å²) in [6, 6.07) is 15.0. The van der Waals surface area contributed by atoms with Gasteiger partial charge in [-0.05, 0) is 49.8 Å². The molecule has 0 saturated carbocycles. The van der Waals surface area contributed by atoms with Crippen LogP contribution in [-0.2, 0) is 23.8 Å². The second-order valence-corrected chi connectivity index (χ2v) is 11.6. The fourth-order valence-electron chi connectivity index (χ4n) is 6.13. The summed E-state index contributed by atoms with van der Waals surface area (Å²) in [7, 11) is 0. The number of carbonyl (C=O) groups excluding carboxylic acids is 1. The summed E-state index contributed by atoms with van der Waals surface area (Å²) in [4.78, 5) is 19.6. The number of benzene rings is 2. The maximum Gasteiger partial charge on any atom is 0.217 e. The maximum absolute atomic E-state index is 12.6. The minimum Gasteiger partial charge on any atom is -0.353 e. The van der Waals surface area contributed by atoms with Crippen molar-refractivity contribution in [2.75, 3.05) is 26.3 Å². The van der Waals surface area contributed by atoms with Crippen molar-refractivity contribution in [1.29, 1.82) is 0 Å². The van der Waals surface area contributed by atoms with Gasteiger partial charge in [0, 0.05) is 38.5 Å². The number of amides is 1. The Bertz CT molecular complexity index is 1090. The Morgan fingerprint density at radius 2 is 1.64 bits per heavy atom. The summed E-state index contributed by atoms with van der Waals surface area (Å²) >= 11 is 12.9. The van der Waals surface area contributed by atoms with E-state index >= 15 is 0 Å². The Hall–Kier alpha value is -1.71. The third-order valence-electron chi connectivity index (χ3n) is 7.92. The van der Waals surface area contributed by atoms with Crippen LogP contribution in [0.1, 0.15) is 75.1 Å². The predicted octanol–water partition coefficient (Wildman–Crippen LogP) is 6.50. The summed E-state index contributed by atoms with van der Waals surface area (Å²) in [6.07, 6.45) is 6.17. The zero-order valence-electron chi connectivity index (χ0n) is 22.5. The third-order valence-corrected chi connectivity index (χ3v) is 8.65. The molecule has 1 amide bonds. The third kappa shape index (κ3) is 7.14. The van der Waals surface area contributed by atoms with Gasteiger partial charge in [0.15, 0.2) is 12.3 Å². The molecule has 7 nitrogen and oxygen atoms in total. The second-order valence-electron chi connectivity index (χ2n) is 10.8. The van der Waals surface area contributed by atoms with E-state index in [0.29, 0.717) is 29.7 Å². The first kappa shape index (κ1) is 28.8. The molecule has 2 aromatic rings. The number of nitrogens with one attached hydrogen (secondary N) is 1. The molecule has 2 aromatic carbocycles. The number of hydrogen-bond donors (Lipinski definition) is 1. The normalized spacial score (nSPS) is 29.1. The van der Waals surface area contributed by atoms with Crippen molar-refractivity contribution < 1.29 is 28.5 Å². The van der Waals surface area contributed by atoms with E-state index in [4.69, 9.17) is 42.3 Å². The Kier molecular flexibility index (Phi) is 9.82. The van der Waals surface area contributed by atoms with Gasteiger partial charge in [-0.3, -0.25) is 4.79 Å². The van der Waals surface area contributed by atoms with Crippen LogP contribution in [0.5, 0.6) is 0 Å². The average Bonchev–Trinajstić information content (AvgIpc) is 3.34. The zero-order chi connectivity index (χ0) is 27.2. The van der Waals surface area contributed by atoms with Crippen LogP contribution in [0.25, 0.3) is 0 Å². The van der Waals surface area contributed by atoms with E-state index in [9.17, 15) is 4.79 Å². The first-order chi connectivity index (χ1) is 18.9. The van der Waals surface area contributed by atoms with E-state index < -0.39 is 6.04 Å². The number of ether oxygens (including phenoxy) is 3. The largest absolute Gasteiger partial charge is 0.353 e. The van der Waals surface area contributed by atoms with Gasteiger partial charge >= 0.3 is 0 Å². The van der Waals surface area contributed by atoms with Crippen LogP contribution in [0.2, 0.25) is 10.0 Å². The molecule has 1 N–H and O–H groups in total. The molecule has 0 radical (unpaired) electrons. The van der Waals surface area contributed by atoms with Gasteiger partial charge < -0.3 is 19.5 Å². The average molecular weight is 579 g/mol. The minimum absolute atomic E-state index is 0.0595. The quantitative estimate of drug-likeness (QED) is 0.344. The van der Waals surface area contributed by atoms with Gasteiger partial charge in [-0.1, -0.05) is 59.6 Å². The van der Waals surface area contributed by atoms with Crippen molar-refractivity contribution in [3.8, 4) is 0 Å². The van der Waals surface area contributed by atoms with E-state index in [0.717, 1.165) is 62.7 Å². The standard InChI is InChI=1S/C30H38Cl2N2O5/c1-21(35)33-29(22-9-3-2-4-10-22)30(23-13-14-25(31)26(32)19-23)34(39-28-12-6-8-18-37-28)16-15-24(20-34)38-27-11-5-7-17-36-27/h2-4,9-10,13-14,19,24,27-30H,5-8,11-12,15-18,20H2,1H3/p+1/t24-,27?,28?,29-,30?,34?/m0/s1. The van der Waals surface area contributed by atoms with E-state index in [1.807, 2.05) is 48.5 Å². The molecule has 3 heterocycles. The van der Waals surface area contributed by atoms with E-state index in [1.165, 1.54) is 0 Å². The molecule has 4 unspecified atom stereocenters. The Morgan fingerprint density at radius 1 is 0.923 bits per heavy atom. The van der Waals surface area contributed by atoms with Crippen molar-refractivity contribution in [2.45, 2.75) is 82.6 Å². The lowest BCUT2D eigenvalue weighted by molar-refractivity contribution is -1.13. The lowest BCUT2D eigenvalue weighted by atomic mass is 9.91. The highest BCUT2D eigenvalue weighted by Gasteiger charge is 2.54. The van der Waals surface area contributed by atoms with Gasteiger partial charge in [0.05, 0.1) is 10.0 Å². The van der Waals surface area contributed by atoms with Gasteiger partial charge in [-0.15, -0.1) is 0 Å². The molecule has 0 spiro atoms. The summed E-state index contributed by atoms with van der Waals surface area (Å²) in [5.41, 5.74) is 1.91. The number of hydroxylamine groups is 3. The Morgan fingerprint density at radius 3 is 2.28 bits per heavy atom. The lowest BCUT2D eigenvalue weighted by Gasteiger charge is -2.44. The number of nitrogens with zero attached hydrogens (tertiary/aromatic N) is 1. The highest BCUT2D eigenvalue weighted by atomic mass is 35.5. The molecule has 3 aliphatic heterocycles. The molecular formula is C30H39Cl2N2O5+. The minimum atomic E-state index is -0.394. The zero-order valence-corrected chi connectivity index (χ0v) is 24.0. The molecule has 6 atom stereocenters. The topological polar surface area (TPSA) is 66.0 Å². The molecule has 0 bridgehead atoms. The fourth-order valence-corrected chi connectivity index (χ4v) is 6.44. The molecule has 3 saturated heterocycles. The molecule has 9 heteroatoms. The van der Waals surface area contributed by atoms with E-state index in [1.54, 1.807) is 6.92 Å². The summed E-state index contributed by atoms with van der Waals surface area (Å²) in [5, 5.41) is 4.19. The summed E-state index contributed by atoms with van der Waals surface area (Å²) in [5.74, 6) is -0.122. The Labute approximate surface area is 241 Å². The van der Waals surface area contributed by atoms with Gasteiger partial charge in [0.25, 0.3) is 0 Å². The first-order valence-corrected chi connectivity index (χ1v) is 14.9. The highest BCUT2D eigenvalue weighted by molar-refractivity contribution is 6.42. The molecule has 39 heavy (non-hydrogen) atoms. The number of carbonyl (C=O) groups is 1. The van der Waals surface area contributed by atoms with Crippen molar-refractivity contribution in [3.63, 3.8) is 0 Å². The van der Waals surface area contributed by atoms with Crippen LogP contribution in [-0.4, -0.2) is 55.5 Å². The number of halogens is 2. The van der Waals surface area contributed by atoms with Crippen molar-refractivity contribution >= 4 is 29.1 Å². The number of hydrogen-bond acceptors (Lipinski definition) is 5. The Balaban J connectivity index is 1.57. The van der Waals surface area contributed by atoms with Crippen LogP contribution in [0.15, 0.2) is 48.5 Å². The number of quaternary nitrogens is 1. The maximum atomic E-state index is 12.6. The molecule has 212 valence electrons. The SMILES string of the molecule is CC(=O)N[C@@H](c1ccccc1)C(c1ccc(Cl)c(Cl)c1)[N+]1(OC2CCCCO2)CC[C@H](OC2CCCCO2)C1. The predicted molar refractivity (Wildman–Crippen MR) is 150 cm³/mol. The molecular weight excluding hydrogens is 539 g/mol. The summed E-state index contributed by atoms with van der Waals surface area (Å²) in [6.45, 7) is 4.23. The van der Waals surface area contributed by atoms with Gasteiger partial charge in [-0.2, -0.15) is 9.48 Å². The van der Waals surface area contributed by atoms with E-state index in [2.05, 4.69) is 5.32 Å². The second kappa shape index (κ2) is 13.3. The molecule has 0 aliphatic carbocycles. The molecule has 0 aromatic heterocycles. The smallest absolute Gasteiger partial charge is 0.217 e. The monoisotopic (exact) mass is 577 g/mol. The van der Waals surface area contributed by atoms with Gasteiger partial charge in [-0.25, -0.2) is 0 Å². The van der Waals surface area contributed by atoms with Crippen molar-refractivity contribution in [2.24, 2.45) is 0 Å². The fraction of sp³-hybridized carbons (Fsp3) is 0.567. The van der Waals surface area contributed by atoms with Crippen LogP contribution in [0, 0.1) is 0 Å². The van der Waals surface area contributed by atoms with E-state index in [-0.39, 0.29) is 35.3 Å². The molecule has 3 aliphatic rings. The highest BCUT2D eigenvalue weighted by Crippen LogP contribution is 2.46. The van der Waals surface area contributed by atoms with Gasteiger partial charge in [0.1, 0.15) is 25.2 Å². The summed E-state index contributed by atoms with van der Waals surface area (Å²) < 4.78 is 18.8. The van der Waals surface area contributed by atoms with Crippen molar-refractivity contribution in [3.05, 3.63) is 69.7 Å². The number of likely N-dealkylation sites (tertiary alicyclic amines) is 1. The van der Waals surface area contributed by atoms with Crippen LogP contribution < -0.4 is 5.32 Å². The lowest BCUT2D eigenvalue weighted by Crippen LogP contribution is -2.56.